The molecular formula is C25H23ClF2N10O2. The highest BCUT2D eigenvalue weighted by Gasteiger charge is 2.25. The Hall–Kier alpha value is -4.77. The molecule has 15 heteroatoms. The van der Waals surface area contributed by atoms with Crippen LogP contribution in [0.4, 0.5) is 14.5 Å². The molecule has 0 aliphatic carbocycles. The number of amides is 2. The van der Waals surface area contributed by atoms with Crippen molar-refractivity contribution < 1.29 is 18.4 Å². The molecule has 3 heterocycles. The summed E-state index contributed by atoms with van der Waals surface area (Å²) in [7, 11) is 0. The van der Waals surface area contributed by atoms with E-state index in [-0.39, 0.29) is 45.6 Å². The van der Waals surface area contributed by atoms with Crippen molar-refractivity contribution >= 4 is 29.1 Å². The van der Waals surface area contributed by atoms with Crippen molar-refractivity contribution in [2.45, 2.75) is 46.2 Å². The van der Waals surface area contributed by atoms with Gasteiger partial charge in [0.15, 0.2) is 5.82 Å². The normalized spacial score (nSPS) is 11.4. The van der Waals surface area contributed by atoms with E-state index in [1.54, 1.807) is 39.8 Å². The van der Waals surface area contributed by atoms with Gasteiger partial charge >= 0.3 is 0 Å². The fourth-order valence-electron chi connectivity index (χ4n) is 3.78. The number of carbonyl (C=O) groups excluding carboxylic acids is 2. The maximum absolute atomic E-state index is 13.7. The minimum absolute atomic E-state index is 0.0618. The molecule has 0 spiro atoms. The number of nitriles is 1. The first-order valence-corrected chi connectivity index (χ1v) is 12.2. The number of hydrogen-bond acceptors (Lipinski definition) is 8. The topological polar surface area (TPSA) is 156 Å². The Kier molecular flexibility index (Phi) is 7.87. The van der Waals surface area contributed by atoms with Crippen molar-refractivity contribution in [3.05, 3.63) is 75.5 Å². The van der Waals surface area contributed by atoms with Crippen molar-refractivity contribution in [1.82, 2.24) is 40.3 Å². The molecule has 2 N–H and O–H groups in total. The average Bonchev–Trinajstić information content (AvgIpc) is 3.52. The summed E-state index contributed by atoms with van der Waals surface area (Å²) in [5, 5.41) is 29.7. The van der Waals surface area contributed by atoms with Crippen LogP contribution in [0.15, 0.2) is 36.5 Å². The number of rotatable bonds is 7. The van der Waals surface area contributed by atoms with Crippen molar-refractivity contribution in [1.29, 1.82) is 5.26 Å². The summed E-state index contributed by atoms with van der Waals surface area (Å²) in [6.07, 6.45) is -1.48. The molecule has 0 atom stereocenters. The van der Waals surface area contributed by atoms with Crippen LogP contribution in [-0.4, -0.2) is 52.3 Å². The first-order valence-electron chi connectivity index (χ1n) is 11.8. The van der Waals surface area contributed by atoms with Crippen LogP contribution in [0.5, 0.6) is 0 Å². The van der Waals surface area contributed by atoms with Crippen LogP contribution < -0.4 is 10.6 Å². The van der Waals surface area contributed by atoms with Gasteiger partial charge in [0.2, 0.25) is 5.82 Å². The molecule has 0 aliphatic heterocycles. The number of carbonyl (C=O) groups is 2. The van der Waals surface area contributed by atoms with Crippen molar-refractivity contribution in [2.24, 2.45) is 0 Å². The second-order valence-corrected chi connectivity index (χ2v) is 10.1. The lowest BCUT2D eigenvalue weighted by Crippen LogP contribution is -2.41. The van der Waals surface area contributed by atoms with Crippen molar-refractivity contribution in [3.63, 3.8) is 0 Å². The number of halogens is 3. The van der Waals surface area contributed by atoms with E-state index in [1.165, 1.54) is 24.4 Å². The molecule has 4 aromatic rings. The second-order valence-electron chi connectivity index (χ2n) is 9.72. The summed E-state index contributed by atoms with van der Waals surface area (Å²) >= 11 is 6.33. The fourth-order valence-corrected chi connectivity index (χ4v) is 3.98. The first kappa shape index (κ1) is 28.2. The van der Waals surface area contributed by atoms with E-state index >= 15 is 0 Å². The van der Waals surface area contributed by atoms with Gasteiger partial charge in [-0.15, -0.1) is 5.10 Å². The molecule has 0 aliphatic rings. The number of benzene rings is 1. The zero-order valence-electron chi connectivity index (χ0n) is 21.8. The third-order valence-electron chi connectivity index (χ3n) is 5.44. The number of hydrogen-bond donors (Lipinski definition) is 2. The lowest BCUT2D eigenvalue weighted by atomic mass is 10.0. The third-order valence-corrected chi connectivity index (χ3v) is 5.73. The van der Waals surface area contributed by atoms with Gasteiger partial charge in [-0.25, -0.2) is 23.1 Å². The molecule has 0 saturated heterocycles. The minimum atomic E-state index is -2.93. The van der Waals surface area contributed by atoms with Crippen molar-refractivity contribution in [2.75, 3.05) is 5.32 Å². The van der Waals surface area contributed by atoms with E-state index in [4.69, 9.17) is 11.6 Å². The maximum Gasteiger partial charge on any atom is 0.298 e. The Morgan fingerprint density at radius 2 is 1.95 bits per heavy atom. The van der Waals surface area contributed by atoms with Gasteiger partial charge in [-0.1, -0.05) is 11.6 Å². The number of tetrazole rings is 1. The second kappa shape index (κ2) is 11.1. The van der Waals surface area contributed by atoms with Gasteiger partial charge in [-0.05, 0) is 74.0 Å². The Morgan fingerprint density at radius 1 is 1.20 bits per heavy atom. The summed E-state index contributed by atoms with van der Waals surface area (Å²) in [6.45, 7) is 6.76. The molecule has 40 heavy (non-hydrogen) atoms. The average molecular weight is 569 g/mol. The van der Waals surface area contributed by atoms with Crippen LogP contribution in [0.25, 0.3) is 5.82 Å². The van der Waals surface area contributed by atoms with Crippen LogP contribution in [0.2, 0.25) is 5.02 Å². The molecule has 1 aromatic carbocycles. The van der Waals surface area contributed by atoms with E-state index in [0.717, 1.165) is 9.36 Å². The zero-order chi connectivity index (χ0) is 29.2. The predicted octanol–water partition coefficient (Wildman–Crippen LogP) is 3.85. The van der Waals surface area contributed by atoms with E-state index in [9.17, 15) is 23.6 Å². The highest BCUT2D eigenvalue weighted by atomic mass is 35.5. The van der Waals surface area contributed by atoms with Crippen LogP contribution in [0.3, 0.4) is 0 Å². The fraction of sp³-hybridized carbons (Fsp3) is 0.280. The molecule has 0 bridgehead atoms. The summed E-state index contributed by atoms with van der Waals surface area (Å²) < 4.78 is 28.6. The molecule has 0 saturated carbocycles. The monoisotopic (exact) mass is 568 g/mol. The highest BCUT2D eigenvalue weighted by molar-refractivity contribution is 6.32. The molecule has 2 amide bonds. The number of anilines is 1. The van der Waals surface area contributed by atoms with Crippen LogP contribution in [-0.2, 0) is 6.54 Å². The predicted molar refractivity (Wildman–Crippen MR) is 139 cm³/mol. The largest absolute Gasteiger partial charge is 0.347 e. The number of nitrogens with zero attached hydrogens (tertiary/aromatic N) is 8. The number of nitrogens with one attached hydrogen (secondary N) is 2. The van der Waals surface area contributed by atoms with Gasteiger partial charge in [0.05, 0.1) is 40.1 Å². The summed E-state index contributed by atoms with van der Waals surface area (Å²) in [4.78, 5) is 31.0. The molecular weight excluding hydrogens is 546 g/mol. The molecule has 3 aromatic heterocycles. The van der Waals surface area contributed by atoms with E-state index in [0.29, 0.717) is 5.56 Å². The van der Waals surface area contributed by atoms with Gasteiger partial charge in [0, 0.05) is 11.7 Å². The number of aromatic nitrogens is 7. The molecule has 12 nitrogen and oxygen atoms in total. The summed E-state index contributed by atoms with van der Waals surface area (Å²) in [5.41, 5.74) is 0.453. The van der Waals surface area contributed by atoms with Gasteiger partial charge in [0.1, 0.15) is 5.69 Å². The molecule has 0 unspecified atom stereocenters. The quantitative estimate of drug-likeness (QED) is 0.340. The Labute approximate surface area is 232 Å². The van der Waals surface area contributed by atoms with E-state index in [2.05, 4.69) is 36.2 Å². The smallest absolute Gasteiger partial charge is 0.298 e. The lowest BCUT2D eigenvalue weighted by Gasteiger charge is -2.22. The Morgan fingerprint density at radius 3 is 2.60 bits per heavy atom. The van der Waals surface area contributed by atoms with Crippen LogP contribution >= 0.6 is 11.6 Å². The lowest BCUT2D eigenvalue weighted by molar-refractivity contribution is 0.0920. The zero-order valence-corrected chi connectivity index (χ0v) is 22.5. The van der Waals surface area contributed by atoms with E-state index in [1.807, 2.05) is 6.07 Å². The highest BCUT2D eigenvalue weighted by Crippen LogP contribution is 2.26. The number of pyridine rings is 1. The van der Waals surface area contributed by atoms with Gasteiger partial charge in [-0.2, -0.15) is 10.4 Å². The Bertz CT molecular complexity index is 1640. The van der Waals surface area contributed by atoms with E-state index < -0.39 is 29.6 Å². The Balaban J connectivity index is 1.78. The SMILES string of the molecule is Cc1cc(C#N)cc(C(=O)NC(C)(C)C)c1NC(=O)c1cc(Cn2nnnc2C(F)F)nn1-c1ncccc1Cl. The van der Waals surface area contributed by atoms with Crippen molar-refractivity contribution in [3.8, 4) is 11.9 Å². The molecule has 0 fully saturated rings. The van der Waals surface area contributed by atoms with Gasteiger partial charge in [-0.3, -0.25) is 9.59 Å². The van der Waals surface area contributed by atoms with Gasteiger partial charge in [0.25, 0.3) is 18.2 Å². The summed E-state index contributed by atoms with van der Waals surface area (Å²) in [6, 6.07) is 9.41. The first-order chi connectivity index (χ1) is 18.9. The third kappa shape index (κ3) is 6.10. The number of alkyl halides is 2. The minimum Gasteiger partial charge on any atom is -0.347 e. The van der Waals surface area contributed by atoms with Crippen LogP contribution in [0.1, 0.15) is 70.7 Å². The number of aryl methyl sites for hydroxylation is 1. The standard InChI is InChI=1S/C25H23ClF2N10O2/c1-13-8-14(11-29)9-16(23(39)32-25(2,3)4)19(13)31-24(40)18-10-15(12-37-22(20(27)28)33-35-36-37)34-38(18)21-17(26)6-5-7-30-21/h5-10,20H,12H2,1-4H3,(H,31,40)(H,32,39). The molecule has 0 radical (unpaired) electrons. The maximum atomic E-state index is 13.7. The van der Waals surface area contributed by atoms with Crippen LogP contribution in [0, 0.1) is 18.3 Å². The molecule has 4 rings (SSSR count). The molecule has 206 valence electrons. The summed E-state index contributed by atoms with van der Waals surface area (Å²) in [5.74, 6) is -1.76. The van der Waals surface area contributed by atoms with Gasteiger partial charge < -0.3 is 10.6 Å².